The fraction of sp³-hybridized carbons (Fsp3) is 0.0500. The zero-order valence-corrected chi connectivity index (χ0v) is 18.2. The Hall–Kier alpha value is -3.90. The standard InChI is InChI=1S/C20H15N7O3S2/c1-13-22-18(27-11-3-10-21-27)12-19(23-13)30-15-8-6-14(7-9-15)26-32(28,29)17-5-2-4-16-20(17)25-31-24-16/h2-12,26H,1H3. The van der Waals surface area contributed by atoms with E-state index >= 15 is 0 Å². The van der Waals surface area contributed by atoms with Gasteiger partial charge in [-0.1, -0.05) is 6.07 Å². The summed E-state index contributed by atoms with van der Waals surface area (Å²) in [5.41, 5.74) is 1.27. The van der Waals surface area contributed by atoms with Gasteiger partial charge >= 0.3 is 0 Å². The third-order valence-corrected chi connectivity index (χ3v) is 6.36. The van der Waals surface area contributed by atoms with Crippen LogP contribution < -0.4 is 9.46 Å². The Bertz CT molecular complexity index is 1500. The second-order valence-corrected chi connectivity index (χ2v) is 8.86. The second kappa shape index (κ2) is 7.98. The molecule has 0 unspecified atom stereocenters. The number of aryl methyl sites for hydroxylation is 1. The quantitative estimate of drug-likeness (QED) is 0.403. The fourth-order valence-corrected chi connectivity index (χ4v) is 4.85. The van der Waals surface area contributed by atoms with Gasteiger partial charge in [0, 0.05) is 24.1 Å². The minimum absolute atomic E-state index is 0.0756. The van der Waals surface area contributed by atoms with Crippen LogP contribution in [0.1, 0.15) is 5.82 Å². The maximum absolute atomic E-state index is 12.8. The molecule has 2 aromatic carbocycles. The predicted molar refractivity (Wildman–Crippen MR) is 119 cm³/mol. The van der Waals surface area contributed by atoms with Gasteiger partial charge in [0.15, 0.2) is 5.82 Å². The summed E-state index contributed by atoms with van der Waals surface area (Å²) in [7, 11) is -3.83. The van der Waals surface area contributed by atoms with Gasteiger partial charge in [-0.15, -0.1) is 0 Å². The first-order valence-corrected chi connectivity index (χ1v) is 11.6. The number of nitrogens with one attached hydrogen (secondary N) is 1. The van der Waals surface area contributed by atoms with Gasteiger partial charge in [0.25, 0.3) is 10.0 Å². The van der Waals surface area contributed by atoms with Crippen LogP contribution in [0.2, 0.25) is 0 Å². The topological polar surface area (TPSA) is 125 Å². The van der Waals surface area contributed by atoms with Crippen LogP contribution in [0.3, 0.4) is 0 Å². The van der Waals surface area contributed by atoms with E-state index in [-0.39, 0.29) is 4.90 Å². The number of aromatic nitrogens is 6. The van der Waals surface area contributed by atoms with Gasteiger partial charge in [0.05, 0.1) is 11.7 Å². The number of fused-ring (bicyclic) bond motifs is 1. The summed E-state index contributed by atoms with van der Waals surface area (Å²) >= 11 is 0.969. The predicted octanol–water partition coefficient (Wildman–Crippen LogP) is 3.57. The number of hydrogen-bond acceptors (Lipinski definition) is 9. The molecular formula is C20H15N7O3S2. The normalized spacial score (nSPS) is 11.5. The highest BCUT2D eigenvalue weighted by Crippen LogP contribution is 2.26. The number of sulfonamides is 1. The van der Waals surface area contributed by atoms with Gasteiger partial charge < -0.3 is 4.74 Å². The van der Waals surface area contributed by atoms with Crippen LogP contribution in [-0.4, -0.2) is 36.9 Å². The van der Waals surface area contributed by atoms with E-state index in [9.17, 15) is 8.42 Å². The van der Waals surface area contributed by atoms with Gasteiger partial charge in [-0.2, -0.15) is 18.8 Å². The molecule has 160 valence electrons. The Morgan fingerprint density at radius 2 is 1.88 bits per heavy atom. The molecular weight excluding hydrogens is 450 g/mol. The Balaban J connectivity index is 1.35. The molecule has 1 N–H and O–H groups in total. The van der Waals surface area contributed by atoms with Gasteiger partial charge in [-0.05, 0) is 49.4 Å². The summed E-state index contributed by atoms with van der Waals surface area (Å²) in [4.78, 5) is 8.70. The third kappa shape index (κ3) is 4.00. The summed E-state index contributed by atoms with van der Waals surface area (Å²) in [6.07, 6.45) is 3.43. The largest absolute Gasteiger partial charge is 0.439 e. The molecule has 0 bridgehead atoms. The Labute approximate surface area is 186 Å². The monoisotopic (exact) mass is 465 g/mol. The molecule has 0 fully saturated rings. The molecule has 0 amide bonds. The molecule has 0 atom stereocenters. The molecule has 0 aliphatic carbocycles. The van der Waals surface area contributed by atoms with E-state index in [0.29, 0.717) is 40.0 Å². The number of rotatable bonds is 6. The van der Waals surface area contributed by atoms with Gasteiger partial charge in [0.1, 0.15) is 27.5 Å². The molecule has 32 heavy (non-hydrogen) atoms. The zero-order chi connectivity index (χ0) is 22.1. The molecule has 3 heterocycles. The lowest BCUT2D eigenvalue weighted by Crippen LogP contribution is -2.13. The lowest BCUT2D eigenvalue weighted by Gasteiger charge is -2.10. The minimum atomic E-state index is -3.83. The number of nitrogens with zero attached hydrogens (tertiary/aromatic N) is 6. The van der Waals surface area contributed by atoms with Crippen LogP contribution in [0.25, 0.3) is 16.9 Å². The fourth-order valence-electron chi connectivity index (χ4n) is 3.02. The maximum Gasteiger partial charge on any atom is 0.264 e. The Kier molecular flexibility index (Phi) is 4.99. The summed E-state index contributed by atoms with van der Waals surface area (Å²) in [5, 5.41) is 4.16. The summed E-state index contributed by atoms with van der Waals surface area (Å²) < 4.78 is 43.9. The van der Waals surface area contributed by atoms with Crippen molar-refractivity contribution in [2.75, 3.05) is 4.72 Å². The van der Waals surface area contributed by atoms with Crippen molar-refractivity contribution < 1.29 is 13.2 Å². The van der Waals surface area contributed by atoms with Crippen molar-refractivity contribution >= 4 is 38.5 Å². The number of ether oxygens (including phenoxy) is 1. The van der Waals surface area contributed by atoms with Gasteiger partial charge in [0.2, 0.25) is 5.88 Å². The van der Waals surface area contributed by atoms with E-state index in [0.717, 1.165) is 11.7 Å². The lowest BCUT2D eigenvalue weighted by atomic mass is 10.3. The first-order chi connectivity index (χ1) is 15.5. The van der Waals surface area contributed by atoms with Crippen molar-refractivity contribution in [2.45, 2.75) is 11.8 Å². The summed E-state index contributed by atoms with van der Waals surface area (Å²) in [6, 6.07) is 14.8. The number of anilines is 1. The molecule has 0 radical (unpaired) electrons. The molecule has 12 heteroatoms. The van der Waals surface area contributed by atoms with E-state index < -0.39 is 10.0 Å². The number of hydrogen-bond donors (Lipinski definition) is 1. The molecule has 5 rings (SSSR count). The molecule has 0 saturated heterocycles. The molecule has 0 saturated carbocycles. The molecule has 10 nitrogen and oxygen atoms in total. The Morgan fingerprint density at radius 1 is 1.03 bits per heavy atom. The number of benzene rings is 2. The molecule has 3 aromatic heterocycles. The van der Waals surface area contributed by atoms with Crippen molar-refractivity contribution in [1.29, 1.82) is 0 Å². The van der Waals surface area contributed by atoms with E-state index in [1.165, 1.54) is 6.07 Å². The SMILES string of the molecule is Cc1nc(Oc2ccc(NS(=O)(=O)c3cccc4nsnc34)cc2)cc(-n2cccn2)n1. The van der Waals surface area contributed by atoms with Gasteiger partial charge in [-0.3, -0.25) is 4.72 Å². The van der Waals surface area contributed by atoms with Crippen LogP contribution in [0.4, 0.5) is 5.69 Å². The highest BCUT2D eigenvalue weighted by atomic mass is 32.2. The highest BCUT2D eigenvalue weighted by molar-refractivity contribution is 7.93. The molecule has 0 spiro atoms. The summed E-state index contributed by atoms with van der Waals surface area (Å²) in [6.45, 7) is 1.76. The second-order valence-electron chi connectivity index (χ2n) is 6.68. The Morgan fingerprint density at radius 3 is 2.66 bits per heavy atom. The van der Waals surface area contributed by atoms with Crippen LogP contribution >= 0.6 is 11.7 Å². The highest BCUT2D eigenvalue weighted by Gasteiger charge is 2.19. The first kappa shape index (κ1) is 20.0. The van der Waals surface area contributed by atoms with Crippen LogP contribution in [0.5, 0.6) is 11.6 Å². The van der Waals surface area contributed by atoms with Crippen LogP contribution in [-0.2, 0) is 10.0 Å². The van der Waals surface area contributed by atoms with E-state index in [2.05, 4.69) is 28.5 Å². The third-order valence-electron chi connectivity index (χ3n) is 4.41. The van der Waals surface area contributed by atoms with Crippen molar-refractivity contribution in [3.63, 3.8) is 0 Å². The lowest BCUT2D eigenvalue weighted by molar-refractivity contribution is 0.459. The van der Waals surface area contributed by atoms with Crippen molar-refractivity contribution in [3.05, 3.63) is 72.8 Å². The minimum Gasteiger partial charge on any atom is -0.439 e. The zero-order valence-electron chi connectivity index (χ0n) is 16.6. The van der Waals surface area contributed by atoms with Crippen molar-refractivity contribution in [3.8, 4) is 17.4 Å². The van der Waals surface area contributed by atoms with E-state index in [4.69, 9.17) is 4.74 Å². The first-order valence-electron chi connectivity index (χ1n) is 9.36. The molecule has 5 aromatic rings. The average Bonchev–Trinajstić information content (AvgIpc) is 3.46. The summed E-state index contributed by atoms with van der Waals surface area (Å²) in [5.74, 6) is 1.94. The van der Waals surface area contributed by atoms with E-state index in [1.54, 1.807) is 72.5 Å². The van der Waals surface area contributed by atoms with Crippen molar-refractivity contribution in [2.24, 2.45) is 0 Å². The van der Waals surface area contributed by atoms with Crippen LogP contribution in [0.15, 0.2) is 71.9 Å². The smallest absolute Gasteiger partial charge is 0.264 e. The molecule has 0 aliphatic heterocycles. The van der Waals surface area contributed by atoms with Gasteiger partial charge in [-0.25, -0.2) is 18.1 Å². The van der Waals surface area contributed by atoms with Crippen molar-refractivity contribution in [1.82, 2.24) is 28.5 Å². The molecule has 0 aliphatic rings. The maximum atomic E-state index is 12.8. The average molecular weight is 466 g/mol. The van der Waals surface area contributed by atoms with E-state index in [1.807, 2.05) is 0 Å². The van der Waals surface area contributed by atoms with Crippen LogP contribution in [0, 0.1) is 6.92 Å².